The summed E-state index contributed by atoms with van der Waals surface area (Å²) in [5.41, 5.74) is 3.97. The minimum atomic E-state index is -0.578. The van der Waals surface area contributed by atoms with Crippen LogP contribution in [0.4, 0.5) is 20.7 Å². The summed E-state index contributed by atoms with van der Waals surface area (Å²) >= 11 is 6.82. The number of amides is 2. The van der Waals surface area contributed by atoms with Crippen LogP contribution >= 0.6 is 11.6 Å². The maximum Gasteiger partial charge on any atom is 0.410 e. The van der Waals surface area contributed by atoms with Crippen LogP contribution < -0.4 is 4.90 Å². The third-order valence-corrected chi connectivity index (χ3v) is 7.96. The summed E-state index contributed by atoms with van der Waals surface area (Å²) in [6.45, 7) is 10.6. The van der Waals surface area contributed by atoms with E-state index in [0.717, 1.165) is 28.9 Å². The molecule has 0 bridgehead atoms. The molecule has 7 nitrogen and oxygen atoms in total. The van der Waals surface area contributed by atoms with E-state index in [-0.39, 0.29) is 28.3 Å². The molecule has 1 aliphatic rings. The molecule has 0 spiro atoms. The minimum Gasteiger partial charge on any atom is -0.444 e. The van der Waals surface area contributed by atoms with Gasteiger partial charge in [-0.1, -0.05) is 55.8 Å². The van der Waals surface area contributed by atoms with E-state index in [1.54, 1.807) is 41.1 Å². The van der Waals surface area contributed by atoms with E-state index >= 15 is 4.39 Å². The van der Waals surface area contributed by atoms with E-state index in [1.807, 2.05) is 52.8 Å². The van der Waals surface area contributed by atoms with Crippen LogP contribution in [0.15, 0.2) is 53.5 Å². The smallest absolute Gasteiger partial charge is 0.410 e. The number of aryl methyl sites for hydroxylation is 2. The van der Waals surface area contributed by atoms with E-state index in [4.69, 9.17) is 26.3 Å². The fraction of sp³-hybridized carbons (Fsp3) is 0.412. The van der Waals surface area contributed by atoms with Crippen molar-refractivity contribution in [3.63, 3.8) is 0 Å². The number of para-hydroxylation sites is 1. The van der Waals surface area contributed by atoms with Gasteiger partial charge in [0.25, 0.3) is 0 Å². The number of ether oxygens (including phenoxy) is 1. The van der Waals surface area contributed by atoms with Gasteiger partial charge in [0.2, 0.25) is 6.41 Å². The number of hydrogen-bond donors (Lipinski definition) is 0. The van der Waals surface area contributed by atoms with Gasteiger partial charge in [-0.15, -0.1) is 0 Å². The van der Waals surface area contributed by atoms with Crippen molar-refractivity contribution in [2.24, 2.45) is 10.9 Å². The lowest BCUT2D eigenvalue weighted by atomic mass is 9.87. The van der Waals surface area contributed by atoms with Crippen LogP contribution in [0, 0.1) is 11.7 Å². The molecule has 228 valence electrons. The van der Waals surface area contributed by atoms with Crippen molar-refractivity contribution in [3.05, 3.63) is 76.1 Å². The Morgan fingerprint density at radius 2 is 1.74 bits per heavy atom. The zero-order valence-corrected chi connectivity index (χ0v) is 26.5. The van der Waals surface area contributed by atoms with Gasteiger partial charge in [-0.05, 0) is 75.8 Å². The number of carbonyl (C=O) groups excluding carboxylic acids is 2. The van der Waals surface area contributed by atoms with Gasteiger partial charge in [0.1, 0.15) is 17.2 Å². The highest BCUT2D eigenvalue weighted by Crippen LogP contribution is 2.39. The number of rotatable bonds is 8. The molecule has 1 fully saturated rings. The quantitative estimate of drug-likeness (QED) is 0.192. The van der Waals surface area contributed by atoms with Gasteiger partial charge in [0.05, 0.1) is 16.4 Å². The predicted octanol–water partition coefficient (Wildman–Crippen LogP) is 8.03. The van der Waals surface area contributed by atoms with Gasteiger partial charge in [-0.25, -0.2) is 14.2 Å². The maximum absolute atomic E-state index is 15.0. The second kappa shape index (κ2) is 13.7. The molecule has 0 unspecified atom stereocenters. The Bertz CT molecular complexity index is 1490. The van der Waals surface area contributed by atoms with Crippen LogP contribution in [0.1, 0.15) is 64.2 Å². The molecule has 2 aromatic carbocycles. The molecule has 0 atom stereocenters. The first-order valence-electron chi connectivity index (χ1n) is 14.8. The second-order valence-corrected chi connectivity index (χ2v) is 12.0. The average molecular weight is 607 g/mol. The molecule has 0 saturated carbocycles. The summed E-state index contributed by atoms with van der Waals surface area (Å²) in [6.07, 6.45) is 3.12. The van der Waals surface area contributed by atoms with E-state index in [0.29, 0.717) is 50.2 Å². The number of likely N-dealkylation sites (tertiary alicyclic amines) is 1. The Balaban J connectivity index is 1.84. The topological polar surface area (TPSA) is 75.1 Å². The number of aromatic nitrogens is 1. The van der Waals surface area contributed by atoms with Crippen molar-refractivity contribution in [2.45, 2.75) is 65.9 Å². The maximum atomic E-state index is 15.0. The molecule has 0 radical (unpaired) electrons. The van der Waals surface area contributed by atoms with Crippen molar-refractivity contribution in [3.8, 4) is 11.3 Å². The Morgan fingerprint density at radius 3 is 2.28 bits per heavy atom. The summed E-state index contributed by atoms with van der Waals surface area (Å²) in [5, 5.41) is 0.251. The highest BCUT2D eigenvalue weighted by molar-refractivity contribution is 6.33. The summed E-state index contributed by atoms with van der Waals surface area (Å²) in [6, 6.07) is 14.0. The van der Waals surface area contributed by atoms with Crippen LogP contribution in [0.2, 0.25) is 5.02 Å². The molecule has 43 heavy (non-hydrogen) atoms. The molecule has 3 aromatic rings. The Morgan fingerprint density at radius 1 is 1.12 bits per heavy atom. The van der Waals surface area contributed by atoms with Gasteiger partial charge in [-0.2, -0.15) is 0 Å². The second-order valence-electron chi connectivity index (χ2n) is 11.6. The van der Waals surface area contributed by atoms with Crippen LogP contribution in [0.5, 0.6) is 0 Å². The fourth-order valence-corrected chi connectivity index (χ4v) is 5.86. The van der Waals surface area contributed by atoms with Gasteiger partial charge >= 0.3 is 6.09 Å². The molecule has 4 rings (SSSR count). The number of halogens is 2. The molecule has 1 aromatic heterocycles. The third kappa shape index (κ3) is 7.07. The predicted molar refractivity (Wildman–Crippen MR) is 171 cm³/mol. The molecule has 1 saturated heterocycles. The molecule has 2 heterocycles. The van der Waals surface area contributed by atoms with Crippen molar-refractivity contribution in [2.75, 3.05) is 25.0 Å². The lowest BCUT2D eigenvalue weighted by molar-refractivity contribution is -0.106. The number of anilines is 2. The van der Waals surface area contributed by atoms with Gasteiger partial charge in [0, 0.05) is 42.9 Å². The zero-order chi connectivity index (χ0) is 31.3. The molecule has 0 aliphatic carbocycles. The first kappa shape index (κ1) is 32.1. The van der Waals surface area contributed by atoms with Gasteiger partial charge < -0.3 is 9.64 Å². The summed E-state index contributed by atoms with van der Waals surface area (Å²) in [5.74, 6) is -0.154. The molecular weight excluding hydrogens is 567 g/mol. The summed E-state index contributed by atoms with van der Waals surface area (Å²) < 4.78 is 20.6. The van der Waals surface area contributed by atoms with Crippen LogP contribution in [-0.4, -0.2) is 53.8 Å². The van der Waals surface area contributed by atoms with Crippen molar-refractivity contribution in [1.82, 2.24) is 9.88 Å². The highest BCUT2D eigenvalue weighted by atomic mass is 35.5. The summed E-state index contributed by atoms with van der Waals surface area (Å²) in [7, 11) is 1.71. The van der Waals surface area contributed by atoms with Crippen molar-refractivity contribution < 1.29 is 18.7 Å². The number of piperidine rings is 1. The molecule has 0 N–H and O–H groups in total. The Labute approximate surface area is 258 Å². The normalized spacial score (nSPS) is 14.5. The van der Waals surface area contributed by atoms with Crippen LogP contribution in [-0.2, 0) is 22.4 Å². The number of benzene rings is 2. The largest absolute Gasteiger partial charge is 0.444 e. The average Bonchev–Trinajstić information content (AvgIpc) is 2.98. The minimum absolute atomic E-state index is 0.0276. The Hall–Kier alpha value is -3.78. The highest BCUT2D eigenvalue weighted by Gasteiger charge is 2.32. The van der Waals surface area contributed by atoms with Gasteiger partial charge in [0.15, 0.2) is 0 Å². The Kier molecular flexibility index (Phi) is 10.2. The summed E-state index contributed by atoms with van der Waals surface area (Å²) in [4.78, 5) is 38.6. The molecule has 2 amide bonds. The number of aliphatic imine (C=N–C) groups is 1. The van der Waals surface area contributed by atoms with Crippen LogP contribution in [0.25, 0.3) is 11.3 Å². The first-order chi connectivity index (χ1) is 20.5. The number of pyridine rings is 1. The standard InChI is InChI=1S/C34H40ClFN4O3/c1-7-22-12-11-13-23(8-2)31(22)40(21-41)32-26(20-27(35)30(38-32)25-14-9-10-15-28(25)36)29(37-6)24-16-18-39(19-17-24)33(42)43-34(3,4)5/h9-15,20-21,24H,7-8,16-19H2,1-6H3. The molecular formula is C34H40ClFN4O3. The van der Waals surface area contributed by atoms with Crippen molar-refractivity contribution >= 4 is 41.3 Å². The van der Waals surface area contributed by atoms with E-state index in [9.17, 15) is 9.59 Å². The van der Waals surface area contributed by atoms with E-state index < -0.39 is 11.4 Å². The zero-order valence-electron chi connectivity index (χ0n) is 25.8. The van der Waals surface area contributed by atoms with E-state index in [1.165, 1.54) is 6.07 Å². The number of carbonyl (C=O) groups is 2. The number of nitrogens with zero attached hydrogens (tertiary/aromatic N) is 4. The number of hydrogen-bond acceptors (Lipinski definition) is 5. The SMILES string of the molecule is CCc1cccc(CC)c1N(C=O)c1nc(-c2ccccc2F)c(Cl)cc1C(=NC)C1CCN(C(=O)OC(C)(C)C)CC1. The monoisotopic (exact) mass is 606 g/mol. The molecule has 9 heteroatoms. The van der Waals surface area contributed by atoms with Gasteiger partial charge in [-0.3, -0.25) is 14.7 Å². The first-order valence-corrected chi connectivity index (χ1v) is 15.2. The lowest BCUT2D eigenvalue weighted by Crippen LogP contribution is -2.43. The third-order valence-electron chi connectivity index (χ3n) is 7.67. The van der Waals surface area contributed by atoms with Crippen LogP contribution in [0.3, 0.4) is 0 Å². The van der Waals surface area contributed by atoms with Crippen molar-refractivity contribution in [1.29, 1.82) is 0 Å². The van der Waals surface area contributed by atoms with E-state index in [2.05, 4.69) is 0 Å². The lowest BCUT2D eigenvalue weighted by Gasteiger charge is -2.34. The molecule has 1 aliphatic heterocycles. The fourth-order valence-electron chi connectivity index (χ4n) is 5.61.